The van der Waals surface area contributed by atoms with Gasteiger partial charge in [0.25, 0.3) is 5.91 Å². The van der Waals surface area contributed by atoms with E-state index in [4.69, 9.17) is 0 Å². The van der Waals surface area contributed by atoms with E-state index in [0.29, 0.717) is 24.2 Å². The molecule has 1 aromatic heterocycles. The lowest BCUT2D eigenvalue weighted by Gasteiger charge is -2.18. The Labute approximate surface area is 168 Å². The summed E-state index contributed by atoms with van der Waals surface area (Å²) in [6.07, 6.45) is 3.48. The number of fused-ring (bicyclic) bond motifs is 1. The summed E-state index contributed by atoms with van der Waals surface area (Å²) < 4.78 is 41.3. The number of hydrogen-bond acceptors (Lipinski definition) is 4. The number of halogens is 1. The molecule has 1 aliphatic rings. The summed E-state index contributed by atoms with van der Waals surface area (Å²) in [5.41, 5.74) is 2.00. The monoisotopic (exact) mass is 414 g/mol. The summed E-state index contributed by atoms with van der Waals surface area (Å²) in [4.78, 5) is 14.7. The van der Waals surface area contributed by atoms with E-state index in [1.54, 1.807) is 30.3 Å². The molecule has 1 aliphatic heterocycles. The van der Waals surface area contributed by atoms with Crippen LogP contribution in [-0.4, -0.2) is 49.1 Å². The van der Waals surface area contributed by atoms with Crippen LogP contribution >= 0.6 is 0 Å². The van der Waals surface area contributed by atoms with Crippen molar-refractivity contribution in [3.8, 4) is 5.69 Å². The lowest BCUT2D eigenvalue weighted by molar-refractivity contribution is 0.0989. The number of carbonyl (C=O) groups excluding carboxylic acids is 1. The van der Waals surface area contributed by atoms with Crippen molar-refractivity contribution in [1.29, 1.82) is 0 Å². The predicted molar refractivity (Wildman–Crippen MR) is 106 cm³/mol. The first-order valence-electron chi connectivity index (χ1n) is 8.96. The van der Waals surface area contributed by atoms with Crippen molar-refractivity contribution in [2.24, 2.45) is 0 Å². The molecule has 0 spiro atoms. The number of para-hydroxylation sites is 1. The molecule has 29 heavy (non-hydrogen) atoms. The fraction of sp³-hybridized carbons (Fsp3) is 0.200. The number of amides is 1. The number of carbonyl (C=O) groups is 1. The van der Waals surface area contributed by atoms with Gasteiger partial charge in [0.15, 0.2) is 0 Å². The Balaban J connectivity index is 1.67. The second-order valence-electron chi connectivity index (χ2n) is 6.91. The number of sulfonamides is 1. The molecule has 0 saturated heterocycles. The minimum atomic E-state index is -3.61. The smallest absolute Gasteiger partial charge is 0.261 e. The van der Waals surface area contributed by atoms with Gasteiger partial charge < -0.3 is 4.90 Å². The van der Waals surface area contributed by atoms with Crippen LogP contribution in [0.2, 0.25) is 0 Å². The predicted octanol–water partition coefficient (Wildman–Crippen LogP) is 2.46. The number of rotatable bonds is 4. The zero-order chi connectivity index (χ0) is 20.8. The molecule has 0 aliphatic carbocycles. The Kier molecular flexibility index (Phi) is 4.71. The average molecular weight is 414 g/mol. The highest BCUT2D eigenvalue weighted by Crippen LogP contribution is 2.32. The van der Waals surface area contributed by atoms with Crippen LogP contribution in [-0.2, 0) is 16.4 Å². The molecule has 7 nitrogen and oxygen atoms in total. The molecule has 0 bridgehead atoms. The van der Waals surface area contributed by atoms with Crippen LogP contribution in [0.1, 0.15) is 15.9 Å². The highest BCUT2D eigenvalue weighted by molar-refractivity contribution is 7.89. The highest BCUT2D eigenvalue weighted by atomic mass is 32.2. The molecule has 150 valence electrons. The Morgan fingerprint density at radius 1 is 1.14 bits per heavy atom. The van der Waals surface area contributed by atoms with Crippen molar-refractivity contribution in [2.75, 3.05) is 25.5 Å². The first-order chi connectivity index (χ1) is 13.8. The van der Waals surface area contributed by atoms with Gasteiger partial charge in [-0.1, -0.05) is 18.2 Å². The Morgan fingerprint density at radius 2 is 1.90 bits per heavy atom. The summed E-state index contributed by atoms with van der Waals surface area (Å²) in [7, 11) is -0.690. The van der Waals surface area contributed by atoms with Crippen LogP contribution in [0.3, 0.4) is 0 Å². The third-order valence-electron chi connectivity index (χ3n) is 4.90. The molecule has 9 heteroatoms. The average Bonchev–Trinajstić information content (AvgIpc) is 3.34. The second-order valence-corrected chi connectivity index (χ2v) is 9.06. The molecule has 0 saturated carbocycles. The minimum Gasteiger partial charge on any atom is -0.308 e. The van der Waals surface area contributed by atoms with Crippen LogP contribution in [0.4, 0.5) is 10.1 Å². The Bertz CT molecular complexity index is 1200. The van der Waals surface area contributed by atoms with Crippen molar-refractivity contribution in [2.45, 2.75) is 11.3 Å². The third kappa shape index (κ3) is 3.32. The highest BCUT2D eigenvalue weighted by Gasteiger charge is 2.29. The van der Waals surface area contributed by atoms with E-state index in [-0.39, 0.29) is 16.5 Å². The molecule has 0 fully saturated rings. The number of benzene rings is 2. The second kappa shape index (κ2) is 7.09. The van der Waals surface area contributed by atoms with E-state index in [2.05, 4.69) is 5.10 Å². The maximum atomic E-state index is 14.0. The van der Waals surface area contributed by atoms with E-state index < -0.39 is 15.8 Å². The van der Waals surface area contributed by atoms with Crippen LogP contribution in [0.25, 0.3) is 5.69 Å². The third-order valence-corrected chi connectivity index (χ3v) is 6.72. The minimum absolute atomic E-state index is 0.128. The molecule has 1 amide bonds. The van der Waals surface area contributed by atoms with E-state index in [9.17, 15) is 17.6 Å². The van der Waals surface area contributed by atoms with Crippen molar-refractivity contribution in [1.82, 2.24) is 14.1 Å². The Morgan fingerprint density at radius 3 is 2.62 bits per heavy atom. The van der Waals surface area contributed by atoms with E-state index in [1.165, 1.54) is 48.2 Å². The van der Waals surface area contributed by atoms with Gasteiger partial charge in [0, 0.05) is 32.5 Å². The first-order valence-corrected chi connectivity index (χ1v) is 10.4. The van der Waals surface area contributed by atoms with Gasteiger partial charge in [0.2, 0.25) is 10.0 Å². The maximum Gasteiger partial charge on any atom is 0.261 e. The summed E-state index contributed by atoms with van der Waals surface area (Å²) in [5.74, 6) is -0.759. The van der Waals surface area contributed by atoms with Crippen LogP contribution in [0, 0.1) is 5.82 Å². The number of aromatic nitrogens is 2. The van der Waals surface area contributed by atoms with E-state index >= 15 is 0 Å². The zero-order valence-corrected chi connectivity index (χ0v) is 16.7. The van der Waals surface area contributed by atoms with Gasteiger partial charge in [-0.05, 0) is 36.2 Å². The quantitative estimate of drug-likeness (QED) is 0.657. The number of nitrogens with zero attached hydrogens (tertiary/aromatic N) is 4. The van der Waals surface area contributed by atoms with Crippen LogP contribution in [0.15, 0.2) is 59.8 Å². The van der Waals surface area contributed by atoms with Crippen molar-refractivity contribution < 1.29 is 17.6 Å². The van der Waals surface area contributed by atoms with Gasteiger partial charge in [-0.3, -0.25) is 4.79 Å². The van der Waals surface area contributed by atoms with Crippen molar-refractivity contribution in [3.63, 3.8) is 0 Å². The van der Waals surface area contributed by atoms with Gasteiger partial charge in [-0.25, -0.2) is 21.8 Å². The van der Waals surface area contributed by atoms with Gasteiger partial charge in [0.1, 0.15) is 11.5 Å². The topological polar surface area (TPSA) is 75.5 Å². The molecule has 2 aromatic carbocycles. The van der Waals surface area contributed by atoms with Gasteiger partial charge in [0.05, 0.1) is 16.7 Å². The summed E-state index contributed by atoms with van der Waals surface area (Å²) in [6.45, 7) is 0.435. The first kappa shape index (κ1) is 19.3. The summed E-state index contributed by atoms with van der Waals surface area (Å²) in [5, 5.41) is 4.10. The van der Waals surface area contributed by atoms with E-state index in [0.717, 1.165) is 9.87 Å². The normalized spacial score (nSPS) is 13.7. The molecule has 0 atom stereocenters. The van der Waals surface area contributed by atoms with Gasteiger partial charge in [-0.2, -0.15) is 5.10 Å². The molecule has 0 radical (unpaired) electrons. The molecule has 4 rings (SSSR count). The number of hydrogen-bond donors (Lipinski definition) is 0. The Hall–Kier alpha value is -3.04. The van der Waals surface area contributed by atoms with Crippen LogP contribution < -0.4 is 4.90 Å². The van der Waals surface area contributed by atoms with Gasteiger partial charge >= 0.3 is 0 Å². The lowest BCUT2D eigenvalue weighted by atomic mass is 10.2. The van der Waals surface area contributed by atoms with Crippen molar-refractivity contribution in [3.05, 3.63) is 71.8 Å². The summed E-state index contributed by atoms with van der Waals surface area (Å²) in [6, 6.07) is 11.0. The molecule has 2 heterocycles. The van der Waals surface area contributed by atoms with E-state index in [1.807, 2.05) is 0 Å². The largest absolute Gasteiger partial charge is 0.308 e. The fourth-order valence-electron chi connectivity index (χ4n) is 3.30. The standard InChI is InChI=1S/C20H19FN4O3S/c1-23(2)29(27,28)16-8-7-14-9-10-24(19(14)11-16)20(26)15-12-22-25(13-15)18-6-4-3-5-17(18)21/h3-8,11-13H,9-10H2,1-2H3. The van der Waals surface area contributed by atoms with Gasteiger partial charge in [-0.15, -0.1) is 0 Å². The SMILES string of the molecule is CN(C)S(=O)(=O)c1ccc2c(c1)N(C(=O)c1cnn(-c3ccccc3F)c1)CC2. The fourth-order valence-corrected chi connectivity index (χ4v) is 4.22. The molecular weight excluding hydrogens is 395 g/mol. The van der Waals surface area contributed by atoms with Crippen LogP contribution in [0.5, 0.6) is 0 Å². The molecule has 0 N–H and O–H groups in total. The lowest BCUT2D eigenvalue weighted by Crippen LogP contribution is -2.29. The maximum absolute atomic E-state index is 14.0. The zero-order valence-electron chi connectivity index (χ0n) is 15.9. The molecule has 0 unspecified atom stereocenters. The number of anilines is 1. The summed E-state index contributed by atoms with van der Waals surface area (Å²) >= 11 is 0. The molecule has 3 aromatic rings. The van der Waals surface area contributed by atoms with Crippen molar-refractivity contribution >= 4 is 21.6 Å². The molecular formula is C20H19FN4O3S.